The minimum absolute atomic E-state index is 0.836. The minimum atomic E-state index is 0.836. The van der Waals surface area contributed by atoms with Crippen LogP contribution in [0.5, 0.6) is 0 Å². The van der Waals surface area contributed by atoms with Crippen molar-refractivity contribution in [3.05, 3.63) is 41.3 Å². The summed E-state index contributed by atoms with van der Waals surface area (Å²) in [6.07, 6.45) is 4.62. The van der Waals surface area contributed by atoms with Crippen LogP contribution in [0.25, 0.3) is 11.3 Å². The van der Waals surface area contributed by atoms with Crippen LogP contribution >= 0.6 is 0 Å². The molecule has 2 N–H and O–H groups in total. The van der Waals surface area contributed by atoms with Gasteiger partial charge >= 0.3 is 0 Å². The SMILES string of the molecule is CCCNCc1nc2c([nH]1)CCCc1ccccc1-2. The average Bonchev–Trinajstić information content (AvgIpc) is 2.75. The Kier molecular flexibility index (Phi) is 3.65. The highest BCUT2D eigenvalue weighted by Gasteiger charge is 2.17. The molecule has 0 saturated heterocycles. The summed E-state index contributed by atoms with van der Waals surface area (Å²) >= 11 is 0. The number of aromatic amines is 1. The van der Waals surface area contributed by atoms with E-state index in [1.807, 2.05) is 0 Å². The van der Waals surface area contributed by atoms with Gasteiger partial charge < -0.3 is 10.3 Å². The van der Waals surface area contributed by atoms with Crippen LogP contribution < -0.4 is 5.32 Å². The zero-order valence-corrected chi connectivity index (χ0v) is 11.5. The third kappa shape index (κ3) is 2.56. The van der Waals surface area contributed by atoms with Crippen molar-refractivity contribution in [2.45, 2.75) is 39.2 Å². The number of nitrogens with one attached hydrogen (secondary N) is 2. The van der Waals surface area contributed by atoms with Gasteiger partial charge in [0.15, 0.2) is 0 Å². The molecule has 0 fully saturated rings. The number of hydrogen-bond acceptors (Lipinski definition) is 2. The fourth-order valence-corrected chi connectivity index (χ4v) is 2.76. The second-order valence-corrected chi connectivity index (χ2v) is 5.20. The molecule has 0 aliphatic heterocycles. The van der Waals surface area contributed by atoms with Crippen LogP contribution in [-0.4, -0.2) is 16.5 Å². The van der Waals surface area contributed by atoms with Crippen LogP contribution in [0.3, 0.4) is 0 Å². The first-order chi connectivity index (χ1) is 9.38. The Hall–Kier alpha value is -1.61. The van der Waals surface area contributed by atoms with E-state index >= 15 is 0 Å². The maximum Gasteiger partial charge on any atom is 0.121 e. The molecule has 0 spiro atoms. The summed E-state index contributed by atoms with van der Waals surface area (Å²) in [6, 6.07) is 8.66. The van der Waals surface area contributed by atoms with Gasteiger partial charge in [-0.2, -0.15) is 0 Å². The van der Waals surface area contributed by atoms with Gasteiger partial charge in [-0.1, -0.05) is 31.2 Å². The van der Waals surface area contributed by atoms with Crippen molar-refractivity contribution >= 4 is 0 Å². The molecule has 1 aliphatic rings. The molecule has 1 aliphatic carbocycles. The number of hydrogen-bond donors (Lipinski definition) is 2. The van der Waals surface area contributed by atoms with E-state index in [1.165, 1.54) is 28.9 Å². The molecule has 1 aromatic carbocycles. The molecule has 0 amide bonds. The number of imidazole rings is 1. The van der Waals surface area contributed by atoms with Gasteiger partial charge in [0.1, 0.15) is 5.82 Å². The molecule has 0 atom stereocenters. The molecule has 100 valence electrons. The molecule has 19 heavy (non-hydrogen) atoms. The summed E-state index contributed by atoms with van der Waals surface area (Å²) < 4.78 is 0. The van der Waals surface area contributed by atoms with E-state index < -0.39 is 0 Å². The molecule has 0 bridgehead atoms. The number of H-pyrrole nitrogens is 1. The fraction of sp³-hybridized carbons (Fsp3) is 0.438. The molecule has 3 rings (SSSR count). The van der Waals surface area contributed by atoms with Crippen molar-refractivity contribution in [2.24, 2.45) is 0 Å². The van der Waals surface area contributed by atoms with Gasteiger partial charge in [0.05, 0.1) is 12.2 Å². The summed E-state index contributed by atoms with van der Waals surface area (Å²) in [5, 5.41) is 3.41. The van der Waals surface area contributed by atoms with Crippen LogP contribution in [0.2, 0.25) is 0 Å². The lowest BCUT2D eigenvalue weighted by Crippen LogP contribution is -2.14. The second kappa shape index (κ2) is 5.57. The lowest BCUT2D eigenvalue weighted by atomic mass is 10.0. The predicted octanol–water partition coefficient (Wildman–Crippen LogP) is 3.07. The van der Waals surface area contributed by atoms with Crippen molar-refractivity contribution in [3.8, 4) is 11.3 Å². The Morgan fingerprint density at radius 2 is 2.16 bits per heavy atom. The maximum absolute atomic E-state index is 4.81. The highest BCUT2D eigenvalue weighted by molar-refractivity contribution is 5.67. The predicted molar refractivity (Wildman–Crippen MR) is 78.0 cm³/mol. The normalized spacial score (nSPS) is 13.7. The Morgan fingerprint density at radius 1 is 1.26 bits per heavy atom. The molecular weight excluding hydrogens is 234 g/mol. The van der Waals surface area contributed by atoms with E-state index in [-0.39, 0.29) is 0 Å². The number of rotatable bonds is 4. The van der Waals surface area contributed by atoms with Gasteiger partial charge in [-0.25, -0.2) is 4.98 Å². The largest absolute Gasteiger partial charge is 0.344 e. The minimum Gasteiger partial charge on any atom is -0.344 e. The van der Waals surface area contributed by atoms with E-state index in [0.29, 0.717) is 0 Å². The number of fused-ring (bicyclic) bond motifs is 3. The van der Waals surface area contributed by atoms with E-state index in [1.54, 1.807) is 0 Å². The molecule has 1 aromatic heterocycles. The smallest absolute Gasteiger partial charge is 0.121 e. The molecule has 2 aromatic rings. The van der Waals surface area contributed by atoms with Crippen molar-refractivity contribution < 1.29 is 0 Å². The fourth-order valence-electron chi connectivity index (χ4n) is 2.76. The van der Waals surface area contributed by atoms with Gasteiger partial charge in [0.25, 0.3) is 0 Å². The number of aromatic nitrogens is 2. The van der Waals surface area contributed by atoms with Gasteiger partial charge in [-0.15, -0.1) is 0 Å². The number of benzene rings is 1. The van der Waals surface area contributed by atoms with Gasteiger partial charge in [0.2, 0.25) is 0 Å². The summed E-state index contributed by atoms with van der Waals surface area (Å²) in [5.74, 6) is 1.06. The zero-order valence-electron chi connectivity index (χ0n) is 11.5. The standard InChI is InChI=1S/C16H21N3/c1-2-10-17-11-15-18-14-9-5-7-12-6-3-4-8-13(12)16(14)19-15/h3-4,6,8,17H,2,5,7,9-11H2,1H3,(H,18,19). The van der Waals surface area contributed by atoms with E-state index in [9.17, 15) is 0 Å². The van der Waals surface area contributed by atoms with Crippen LogP contribution in [0.15, 0.2) is 24.3 Å². The molecule has 0 unspecified atom stereocenters. The summed E-state index contributed by atoms with van der Waals surface area (Å²) in [7, 11) is 0. The molecule has 3 nitrogen and oxygen atoms in total. The molecule has 0 saturated carbocycles. The highest BCUT2D eigenvalue weighted by Crippen LogP contribution is 2.30. The lowest BCUT2D eigenvalue weighted by Gasteiger charge is -2.03. The molecule has 0 radical (unpaired) electrons. The van der Waals surface area contributed by atoms with Crippen molar-refractivity contribution in [2.75, 3.05) is 6.54 Å². The topological polar surface area (TPSA) is 40.7 Å². The van der Waals surface area contributed by atoms with Crippen LogP contribution in [-0.2, 0) is 19.4 Å². The van der Waals surface area contributed by atoms with Crippen LogP contribution in [0, 0.1) is 0 Å². The Labute approximate surface area is 114 Å². The van der Waals surface area contributed by atoms with E-state index in [0.717, 1.165) is 38.2 Å². The van der Waals surface area contributed by atoms with Crippen molar-refractivity contribution in [1.29, 1.82) is 0 Å². The van der Waals surface area contributed by atoms with Crippen molar-refractivity contribution in [1.82, 2.24) is 15.3 Å². The van der Waals surface area contributed by atoms with Crippen LogP contribution in [0.4, 0.5) is 0 Å². The maximum atomic E-state index is 4.81. The monoisotopic (exact) mass is 255 g/mol. The summed E-state index contributed by atoms with van der Waals surface area (Å²) in [6.45, 7) is 4.06. The quantitative estimate of drug-likeness (QED) is 0.824. The highest BCUT2D eigenvalue weighted by atomic mass is 15.0. The Bertz CT molecular complexity index is 557. The molecule has 1 heterocycles. The lowest BCUT2D eigenvalue weighted by molar-refractivity contribution is 0.653. The summed E-state index contributed by atoms with van der Waals surface area (Å²) in [4.78, 5) is 8.31. The number of aryl methyl sites for hydroxylation is 2. The second-order valence-electron chi connectivity index (χ2n) is 5.20. The number of nitrogens with zero attached hydrogens (tertiary/aromatic N) is 1. The average molecular weight is 255 g/mol. The van der Waals surface area contributed by atoms with Gasteiger partial charge in [0, 0.05) is 11.3 Å². The first-order valence-electron chi connectivity index (χ1n) is 7.25. The first kappa shape index (κ1) is 12.4. The Morgan fingerprint density at radius 3 is 3.05 bits per heavy atom. The van der Waals surface area contributed by atoms with Gasteiger partial charge in [-0.3, -0.25) is 0 Å². The van der Waals surface area contributed by atoms with Crippen LogP contribution in [0.1, 0.15) is 36.8 Å². The summed E-state index contributed by atoms with van der Waals surface area (Å²) in [5.41, 5.74) is 5.22. The molecular formula is C16H21N3. The van der Waals surface area contributed by atoms with E-state index in [4.69, 9.17) is 4.98 Å². The Balaban J connectivity index is 1.90. The first-order valence-corrected chi connectivity index (χ1v) is 7.25. The zero-order chi connectivity index (χ0) is 13.1. The molecule has 3 heteroatoms. The third-order valence-corrected chi connectivity index (χ3v) is 3.69. The van der Waals surface area contributed by atoms with E-state index in [2.05, 4.69) is 41.5 Å². The van der Waals surface area contributed by atoms with Crippen molar-refractivity contribution in [3.63, 3.8) is 0 Å². The third-order valence-electron chi connectivity index (χ3n) is 3.69. The van der Waals surface area contributed by atoms with Gasteiger partial charge in [-0.05, 0) is 37.8 Å².